The molecule has 124 valence electrons. The number of benzene rings is 1. The van der Waals surface area contributed by atoms with E-state index in [1.54, 1.807) is 30.3 Å². The quantitative estimate of drug-likeness (QED) is 0.524. The highest BCUT2D eigenvalue weighted by molar-refractivity contribution is 7.54. The lowest BCUT2D eigenvalue weighted by Crippen LogP contribution is -2.40. The Balaban J connectivity index is 2.85. The maximum atomic E-state index is 14.3. The van der Waals surface area contributed by atoms with Gasteiger partial charge in [-0.05, 0) is 18.9 Å². The molecule has 1 aliphatic rings. The van der Waals surface area contributed by atoms with Crippen molar-refractivity contribution in [3.8, 4) is 0 Å². The van der Waals surface area contributed by atoms with Gasteiger partial charge in [-0.25, -0.2) is 9.34 Å². The fraction of sp³-hybridized carbons (Fsp3) is 0.600. The molecule has 2 rings (SSSR count). The van der Waals surface area contributed by atoms with Crippen LogP contribution in [0.1, 0.15) is 38.7 Å². The molecule has 4 nitrogen and oxygen atoms in total. The summed E-state index contributed by atoms with van der Waals surface area (Å²) < 4.78 is 100. The lowest BCUT2D eigenvalue weighted by atomic mass is 10.1. The summed E-state index contributed by atoms with van der Waals surface area (Å²) in [5.74, 6) is -6.82. The van der Waals surface area contributed by atoms with Gasteiger partial charge in [-0.2, -0.15) is 0 Å². The Kier molecular flexibility index (Phi) is 3.49. The van der Waals surface area contributed by atoms with Gasteiger partial charge >= 0.3 is 7.67 Å². The molecule has 0 aromatic heterocycles. The van der Waals surface area contributed by atoms with E-state index >= 15 is 0 Å². The minimum absolute atomic E-state index is 0.316. The largest absolute Gasteiger partial charge is 0.346 e. The summed E-state index contributed by atoms with van der Waals surface area (Å²) in [5, 5.41) is 0. The van der Waals surface area contributed by atoms with Gasteiger partial charge in [-0.1, -0.05) is 30.3 Å². The molecule has 0 radical (unpaired) electrons. The second-order valence-corrected chi connectivity index (χ2v) is 6.84. The summed E-state index contributed by atoms with van der Waals surface area (Å²) in [5.41, 5.74) is 0.422. The first-order valence-corrected chi connectivity index (χ1v) is 8.78. The zero-order valence-electron chi connectivity index (χ0n) is 21.8. The van der Waals surface area contributed by atoms with Crippen molar-refractivity contribution in [2.75, 3.05) is 37.8 Å². The molecule has 7 heteroatoms. The van der Waals surface area contributed by atoms with Crippen LogP contribution in [0.4, 0.5) is 0 Å². The number of hydrogen-bond donors (Lipinski definition) is 0. The van der Waals surface area contributed by atoms with Crippen LogP contribution in [-0.2, 0) is 9.09 Å². The van der Waals surface area contributed by atoms with Crippen LogP contribution in [0.15, 0.2) is 30.3 Å². The molecule has 1 aliphatic heterocycles. The molecule has 2 unspecified atom stereocenters. The molecule has 1 heterocycles. The van der Waals surface area contributed by atoms with Crippen molar-refractivity contribution in [2.45, 2.75) is 19.4 Å². The Morgan fingerprint density at radius 2 is 2.05 bits per heavy atom. The topological polar surface area (TPSA) is 32.8 Å². The molecular weight excluding hydrogens is 342 g/mol. The SMILES string of the molecule is [2H]C1([2H])CCOP(=O)(N(C([2H])([2H])C([2H])([2H])Cl)C([2H])([2H])C([2H])([2H])Cl)N1C(C)c1ccccc1. The third-order valence-electron chi connectivity index (χ3n) is 3.11. The van der Waals surface area contributed by atoms with Crippen LogP contribution in [0.3, 0.4) is 0 Å². The minimum atomic E-state index is -5.22. The molecule has 0 saturated carbocycles. The zero-order chi connectivity index (χ0) is 25.0. The second kappa shape index (κ2) is 8.68. The van der Waals surface area contributed by atoms with Gasteiger partial charge in [0.25, 0.3) is 0 Å². The first-order valence-electron chi connectivity index (χ1n) is 11.5. The summed E-state index contributed by atoms with van der Waals surface area (Å²) in [7, 11) is -5.22. The third-order valence-corrected chi connectivity index (χ3v) is 5.53. The van der Waals surface area contributed by atoms with Crippen molar-refractivity contribution in [2.24, 2.45) is 0 Å². The summed E-state index contributed by atoms with van der Waals surface area (Å²) in [6.07, 6.45) is -0.324. The van der Waals surface area contributed by atoms with Gasteiger partial charge < -0.3 is 4.52 Å². The van der Waals surface area contributed by atoms with E-state index in [4.69, 9.17) is 41.4 Å². The zero-order valence-corrected chi connectivity index (χ0v) is 14.2. The smallest absolute Gasteiger partial charge is 0.306 e. The van der Waals surface area contributed by atoms with E-state index in [0.717, 1.165) is 0 Å². The van der Waals surface area contributed by atoms with E-state index in [9.17, 15) is 4.57 Å². The molecule has 0 amide bonds. The Bertz CT molecular complexity index is 840. The maximum Gasteiger partial charge on any atom is 0.346 e. The Morgan fingerprint density at radius 1 is 1.41 bits per heavy atom. The van der Waals surface area contributed by atoms with Gasteiger partial charge in [-0.15, -0.1) is 23.2 Å². The van der Waals surface area contributed by atoms with Crippen LogP contribution >= 0.6 is 30.9 Å². The molecule has 0 aliphatic carbocycles. The standard InChI is InChI=1S/C15H23Cl2N2O2P/c1-14(15-6-3-2-4-7-15)19-10-5-13-21-22(19,20)18(11-8-16)12-9-17/h2-4,6-7,14H,5,8-13H2,1H3/i8D2,9D2,10D2,11D2,12D2. The van der Waals surface area contributed by atoms with Crippen molar-refractivity contribution in [1.82, 2.24) is 9.34 Å². The lowest BCUT2D eigenvalue weighted by Gasteiger charge is -2.43. The Morgan fingerprint density at radius 3 is 2.64 bits per heavy atom. The van der Waals surface area contributed by atoms with E-state index in [2.05, 4.69) is 0 Å². The molecule has 0 spiro atoms. The van der Waals surface area contributed by atoms with Gasteiger partial charge in [0.1, 0.15) is 0 Å². The first kappa shape index (κ1) is 8.84. The normalized spacial score (nSPS) is 36.2. The van der Waals surface area contributed by atoms with Crippen LogP contribution in [0.25, 0.3) is 0 Å². The van der Waals surface area contributed by atoms with Crippen molar-refractivity contribution in [3.05, 3.63) is 35.9 Å². The van der Waals surface area contributed by atoms with Crippen molar-refractivity contribution in [1.29, 1.82) is 0 Å². The first-order chi connectivity index (χ1) is 14.2. The van der Waals surface area contributed by atoms with Crippen molar-refractivity contribution in [3.63, 3.8) is 0 Å². The molecule has 1 fully saturated rings. The molecule has 1 saturated heterocycles. The lowest BCUT2D eigenvalue weighted by molar-refractivity contribution is 0.148. The van der Waals surface area contributed by atoms with Gasteiger partial charge in [0.15, 0.2) is 0 Å². The van der Waals surface area contributed by atoms with Gasteiger partial charge in [0, 0.05) is 50.9 Å². The van der Waals surface area contributed by atoms with Crippen LogP contribution in [0, 0.1) is 0 Å². The number of halogens is 2. The van der Waals surface area contributed by atoms with E-state index in [0.29, 0.717) is 10.2 Å². The van der Waals surface area contributed by atoms with Crippen LogP contribution in [-0.4, -0.2) is 47.1 Å². The average Bonchev–Trinajstić information content (AvgIpc) is 2.58. The molecule has 1 aromatic carbocycles. The molecule has 1 aromatic rings. The Labute approximate surface area is 156 Å². The van der Waals surface area contributed by atoms with Gasteiger partial charge in [0.2, 0.25) is 0 Å². The monoisotopic (exact) mass is 374 g/mol. The van der Waals surface area contributed by atoms with Crippen molar-refractivity contribution >= 4 is 30.9 Å². The summed E-state index contributed by atoms with van der Waals surface area (Å²) in [6, 6.07) is 7.01. The fourth-order valence-corrected chi connectivity index (χ4v) is 4.34. The highest BCUT2D eigenvalue weighted by atomic mass is 35.5. The van der Waals surface area contributed by atoms with Crippen LogP contribution in [0.5, 0.6) is 0 Å². The molecule has 0 N–H and O–H groups in total. The third kappa shape index (κ3) is 4.05. The summed E-state index contributed by atoms with van der Waals surface area (Å²) in [6.45, 7) is -8.88. The number of nitrogens with zero attached hydrogens (tertiary/aromatic N) is 2. The summed E-state index contributed by atoms with van der Waals surface area (Å²) in [4.78, 5) is 0. The predicted octanol–water partition coefficient (Wildman–Crippen LogP) is 4.36. The fourth-order valence-electron chi connectivity index (χ4n) is 2.09. The highest BCUT2D eigenvalue weighted by Gasteiger charge is 2.43. The molecule has 2 atom stereocenters. The minimum Gasteiger partial charge on any atom is -0.306 e. The van der Waals surface area contributed by atoms with Gasteiger partial charge in [-0.3, -0.25) is 4.57 Å². The number of rotatable bonds is 7. The van der Waals surface area contributed by atoms with Crippen LogP contribution < -0.4 is 0 Å². The van der Waals surface area contributed by atoms with E-state index in [-0.39, 0.29) is 11.1 Å². The van der Waals surface area contributed by atoms with E-state index < -0.39 is 51.5 Å². The number of hydrogen-bond acceptors (Lipinski definition) is 2. The average molecular weight is 375 g/mol. The number of alkyl halides is 2. The second-order valence-electron chi connectivity index (χ2n) is 4.39. The van der Waals surface area contributed by atoms with E-state index in [1.165, 1.54) is 6.92 Å². The van der Waals surface area contributed by atoms with Crippen molar-refractivity contribution < 1.29 is 22.8 Å². The molecule has 0 bridgehead atoms. The molecular formula is C15H23Cl2N2O2P. The van der Waals surface area contributed by atoms with E-state index in [1.807, 2.05) is 0 Å². The Hall–Kier alpha value is -0.0900. The summed E-state index contributed by atoms with van der Waals surface area (Å²) >= 11 is 11.1. The van der Waals surface area contributed by atoms with Gasteiger partial charge in [0.05, 0.1) is 6.61 Å². The highest BCUT2D eigenvalue weighted by Crippen LogP contribution is 2.59. The predicted molar refractivity (Wildman–Crippen MR) is 92.8 cm³/mol. The molecule has 22 heavy (non-hydrogen) atoms. The maximum absolute atomic E-state index is 14.3. The van der Waals surface area contributed by atoms with Crippen LogP contribution in [0.2, 0.25) is 0 Å².